The van der Waals surface area contributed by atoms with Gasteiger partial charge in [0, 0.05) is 30.0 Å². The van der Waals surface area contributed by atoms with Crippen molar-refractivity contribution < 1.29 is 4.79 Å². The van der Waals surface area contributed by atoms with Gasteiger partial charge in [0.05, 0.1) is 5.56 Å². The maximum Gasteiger partial charge on any atom is 0.255 e. The van der Waals surface area contributed by atoms with Crippen molar-refractivity contribution in [1.82, 2.24) is 9.88 Å². The molecule has 1 aliphatic rings. The minimum absolute atomic E-state index is 0.0867. The first-order chi connectivity index (χ1) is 6.99. The van der Waals surface area contributed by atoms with Crippen LogP contribution in [-0.2, 0) is 0 Å². The van der Waals surface area contributed by atoms with Crippen molar-refractivity contribution in [3.8, 4) is 0 Å². The smallest absolute Gasteiger partial charge is 0.255 e. The van der Waals surface area contributed by atoms with Crippen LogP contribution in [0.4, 0.5) is 0 Å². The lowest BCUT2D eigenvalue weighted by atomic mass is 9.84. The summed E-state index contributed by atoms with van der Waals surface area (Å²) in [6.45, 7) is 6.00. The van der Waals surface area contributed by atoms with Crippen LogP contribution in [0.1, 0.15) is 24.2 Å². The standard InChI is InChI=1S/C11H13BrN2O/c1-11(2)6-14(7-11)10(15)8-3-4-13-5-9(8)12/h3-5H,6-7H2,1-2H3. The third-order valence-electron chi connectivity index (χ3n) is 2.53. The van der Waals surface area contributed by atoms with Crippen LogP contribution in [0.5, 0.6) is 0 Å². The lowest BCUT2D eigenvalue weighted by Crippen LogP contribution is -2.55. The van der Waals surface area contributed by atoms with Crippen molar-refractivity contribution in [2.45, 2.75) is 13.8 Å². The zero-order chi connectivity index (χ0) is 11.1. The fourth-order valence-electron chi connectivity index (χ4n) is 1.85. The maximum absolute atomic E-state index is 12.0. The van der Waals surface area contributed by atoms with Gasteiger partial charge in [0.2, 0.25) is 0 Å². The van der Waals surface area contributed by atoms with E-state index in [0.717, 1.165) is 17.6 Å². The lowest BCUT2D eigenvalue weighted by Gasteiger charge is -2.45. The molecule has 80 valence electrons. The molecule has 0 unspecified atom stereocenters. The van der Waals surface area contributed by atoms with Gasteiger partial charge < -0.3 is 4.90 Å². The second-order valence-corrected chi connectivity index (χ2v) is 5.54. The average Bonchev–Trinajstić information content (AvgIpc) is 2.14. The van der Waals surface area contributed by atoms with Crippen LogP contribution < -0.4 is 0 Å². The van der Waals surface area contributed by atoms with Crippen LogP contribution >= 0.6 is 15.9 Å². The zero-order valence-electron chi connectivity index (χ0n) is 8.83. The van der Waals surface area contributed by atoms with Gasteiger partial charge in [-0.3, -0.25) is 9.78 Å². The predicted molar refractivity (Wildman–Crippen MR) is 61.6 cm³/mol. The number of nitrogens with zero attached hydrogens (tertiary/aromatic N) is 2. The summed E-state index contributed by atoms with van der Waals surface area (Å²) in [4.78, 5) is 17.8. The highest BCUT2D eigenvalue weighted by atomic mass is 79.9. The minimum atomic E-state index is 0.0867. The van der Waals surface area contributed by atoms with Gasteiger partial charge in [-0.05, 0) is 27.4 Å². The van der Waals surface area contributed by atoms with Gasteiger partial charge in [-0.25, -0.2) is 0 Å². The quantitative estimate of drug-likeness (QED) is 0.784. The predicted octanol–water partition coefficient (Wildman–Crippen LogP) is 2.33. The molecule has 0 bridgehead atoms. The topological polar surface area (TPSA) is 33.2 Å². The third kappa shape index (κ3) is 2.04. The van der Waals surface area contributed by atoms with Gasteiger partial charge in [0.15, 0.2) is 0 Å². The van der Waals surface area contributed by atoms with Gasteiger partial charge in [-0.1, -0.05) is 13.8 Å². The minimum Gasteiger partial charge on any atom is -0.337 e. The summed E-state index contributed by atoms with van der Waals surface area (Å²) in [6, 6.07) is 1.75. The Balaban J connectivity index is 2.14. The second kappa shape index (κ2) is 3.59. The summed E-state index contributed by atoms with van der Waals surface area (Å²) in [5.41, 5.74) is 0.968. The molecule has 0 aromatic carbocycles. The first-order valence-corrected chi connectivity index (χ1v) is 5.68. The largest absolute Gasteiger partial charge is 0.337 e. The van der Waals surface area contributed by atoms with E-state index >= 15 is 0 Å². The van der Waals surface area contributed by atoms with E-state index in [-0.39, 0.29) is 11.3 Å². The van der Waals surface area contributed by atoms with Crippen LogP contribution in [0.2, 0.25) is 0 Å². The molecule has 15 heavy (non-hydrogen) atoms. The van der Waals surface area contributed by atoms with Crippen molar-refractivity contribution >= 4 is 21.8 Å². The Kier molecular flexibility index (Phi) is 2.54. The van der Waals surface area contributed by atoms with Gasteiger partial charge in [-0.2, -0.15) is 0 Å². The van der Waals surface area contributed by atoms with Crippen LogP contribution in [0.3, 0.4) is 0 Å². The zero-order valence-corrected chi connectivity index (χ0v) is 10.4. The SMILES string of the molecule is CC1(C)CN(C(=O)c2ccncc2Br)C1. The van der Waals surface area contributed by atoms with Crippen LogP contribution in [0, 0.1) is 5.41 Å². The molecule has 0 radical (unpaired) electrons. The van der Waals surface area contributed by atoms with E-state index in [4.69, 9.17) is 0 Å². The van der Waals surface area contributed by atoms with Crippen molar-refractivity contribution in [2.24, 2.45) is 5.41 Å². The number of halogens is 1. The highest BCUT2D eigenvalue weighted by Crippen LogP contribution is 2.30. The molecule has 2 heterocycles. The number of pyridine rings is 1. The molecule has 1 aromatic heterocycles. The fourth-order valence-corrected chi connectivity index (χ4v) is 2.27. The van der Waals surface area contributed by atoms with E-state index in [9.17, 15) is 4.79 Å². The monoisotopic (exact) mass is 268 g/mol. The number of hydrogen-bond acceptors (Lipinski definition) is 2. The first-order valence-electron chi connectivity index (χ1n) is 4.88. The molecular weight excluding hydrogens is 256 g/mol. The van der Waals surface area contributed by atoms with E-state index in [1.165, 1.54) is 0 Å². The van der Waals surface area contributed by atoms with E-state index in [1.807, 2.05) is 4.90 Å². The van der Waals surface area contributed by atoms with Gasteiger partial charge in [-0.15, -0.1) is 0 Å². The number of carbonyl (C=O) groups excluding carboxylic acids is 1. The summed E-state index contributed by atoms with van der Waals surface area (Å²) in [7, 11) is 0. The lowest BCUT2D eigenvalue weighted by molar-refractivity contribution is 0.0235. The summed E-state index contributed by atoms with van der Waals surface area (Å²) in [5.74, 6) is 0.0867. The number of likely N-dealkylation sites (tertiary alicyclic amines) is 1. The first kappa shape index (κ1) is 10.6. The van der Waals surface area contributed by atoms with Gasteiger partial charge >= 0.3 is 0 Å². The molecule has 0 saturated carbocycles. The van der Waals surface area contributed by atoms with Gasteiger partial charge in [0.1, 0.15) is 0 Å². The summed E-state index contributed by atoms with van der Waals surface area (Å²) >= 11 is 3.34. The Morgan fingerprint density at radius 1 is 1.53 bits per heavy atom. The van der Waals surface area contributed by atoms with Crippen LogP contribution in [0.15, 0.2) is 22.9 Å². The summed E-state index contributed by atoms with van der Waals surface area (Å²) in [6.07, 6.45) is 3.29. The Morgan fingerprint density at radius 3 is 2.73 bits per heavy atom. The highest BCUT2D eigenvalue weighted by molar-refractivity contribution is 9.10. The number of aromatic nitrogens is 1. The number of carbonyl (C=O) groups is 1. The number of amides is 1. The number of hydrogen-bond donors (Lipinski definition) is 0. The van der Waals surface area contributed by atoms with Crippen LogP contribution in [-0.4, -0.2) is 28.9 Å². The number of rotatable bonds is 1. The third-order valence-corrected chi connectivity index (χ3v) is 3.16. The van der Waals surface area contributed by atoms with E-state index in [0.29, 0.717) is 5.56 Å². The Hall–Kier alpha value is -0.900. The van der Waals surface area contributed by atoms with Gasteiger partial charge in [0.25, 0.3) is 5.91 Å². The maximum atomic E-state index is 12.0. The molecule has 0 atom stereocenters. The van der Waals surface area contributed by atoms with E-state index in [2.05, 4.69) is 34.8 Å². The molecular formula is C11H13BrN2O. The molecule has 4 heteroatoms. The molecule has 0 N–H and O–H groups in total. The highest BCUT2D eigenvalue weighted by Gasteiger charge is 2.37. The molecule has 1 aromatic rings. The average molecular weight is 269 g/mol. The van der Waals surface area contributed by atoms with Crippen molar-refractivity contribution in [3.05, 3.63) is 28.5 Å². The molecule has 2 rings (SSSR count). The molecule has 1 fully saturated rings. The molecule has 0 spiro atoms. The summed E-state index contributed by atoms with van der Waals surface area (Å²) in [5, 5.41) is 0. The van der Waals surface area contributed by atoms with Crippen LogP contribution in [0.25, 0.3) is 0 Å². The Labute approximate surface area is 97.6 Å². The normalized spacial score (nSPS) is 18.5. The Bertz CT molecular complexity index is 395. The van der Waals surface area contributed by atoms with E-state index in [1.54, 1.807) is 18.5 Å². The molecule has 3 nitrogen and oxygen atoms in total. The summed E-state index contributed by atoms with van der Waals surface area (Å²) < 4.78 is 0.764. The van der Waals surface area contributed by atoms with Crippen molar-refractivity contribution in [3.63, 3.8) is 0 Å². The fraction of sp³-hybridized carbons (Fsp3) is 0.455. The molecule has 1 aliphatic heterocycles. The second-order valence-electron chi connectivity index (χ2n) is 4.68. The van der Waals surface area contributed by atoms with Crippen molar-refractivity contribution in [1.29, 1.82) is 0 Å². The van der Waals surface area contributed by atoms with E-state index < -0.39 is 0 Å². The molecule has 1 amide bonds. The Morgan fingerprint density at radius 2 is 2.20 bits per heavy atom. The van der Waals surface area contributed by atoms with Crippen molar-refractivity contribution in [2.75, 3.05) is 13.1 Å². The molecule has 1 saturated heterocycles. The molecule has 0 aliphatic carbocycles.